The number of anilines is 2. The lowest BCUT2D eigenvalue weighted by molar-refractivity contribution is 0.0828. The highest BCUT2D eigenvalue weighted by Gasteiger charge is 2.13. The molecule has 0 atom stereocenters. The number of carbonyl (C=O) groups excluding carboxylic acids is 1. The van der Waals surface area contributed by atoms with Crippen molar-refractivity contribution in [2.24, 2.45) is 0 Å². The van der Waals surface area contributed by atoms with Gasteiger partial charge in [0.15, 0.2) is 0 Å². The van der Waals surface area contributed by atoms with Crippen LogP contribution < -0.4 is 11.1 Å². The van der Waals surface area contributed by atoms with Gasteiger partial charge >= 0.3 is 0 Å². The number of nitrogens with two attached hydrogens (primary N) is 1. The van der Waals surface area contributed by atoms with Crippen molar-refractivity contribution in [2.45, 2.75) is 6.54 Å². The SMILES string of the molecule is CN(C)C(=O)c1ccc(N)cc1NCc1ccccc1Br. The standard InChI is InChI=1S/C16H18BrN3O/c1-20(2)16(21)13-8-7-12(18)9-15(13)19-10-11-5-3-4-6-14(11)17/h3-9,19H,10,18H2,1-2H3. The Labute approximate surface area is 133 Å². The van der Waals surface area contributed by atoms with Crippen molar-refractivity contribution < 1.29 is 4.79 Å². The van der Waals surface area contributed by atoms with Gasteiger partial charge in [-0.1, -0.05) is 34.1 Å². The smallest absolute Gasteiger partial charge is 0.255 e. The first-order valence-corrected chi connectivity index (χ1v) is 7.37. The van der Waals surface area contributed by atoms with E-state index in [2.05, 4.69) is 21.2 Å². The molecule has 0 saturated heterocycles. The van der Waals surface area contributed by atoms with E-state index in [-0.39, 0.29) is 5.91 Å². The Morgan fingerprint density at radius 3 is 2.62 bits per heavy atom. The highest BCUT2D eigenvalue weighted by atomic mass is 79.9. The first-order chi connectivity index (χ1) is 9.99. The van der Waals surface area contributed by atoms with Crippen LogP contribution in [0.3, 0.4) is 0 Å². The molecule has 2 rings (SSSR count). The number of nitrogen functional groups attached to an aromatic ring is 1. The fraction of sp³-hybridized carbons (Fsp3) is 0.188. The molecule has 0 aromatic heterocycles. The van der Waals surface area contributed by atoms with Crippen LogP contribution in [0.2, 0.25) is 0 Å². The molecule has 0 aliphatic carbocycles. The number of nitrogens with one attached hydrogen (secondary N) is 1. The summed E-state index contributed by atoms with van der Waals surface area (Å²) in [6.07, 6.45) is 0. The van der Waals surface area contributed by atoms with Gasteiger partial charge in [-0.2, -0.15) is 0 Å². The Bertz CT molecular complexity index is 656. The first kappa shape index (κ1) is 15.4. The number of hydrogen-bond acceptors (Lipinski definition) is 3. The molecule has 0 fully saturated rings. The topological polar surface area (TPSA) is 58.4 Å². The van der Waals surface area contributed by atoms with E-state index in [0.717, 1.165) is 15.7 Å². The van der Waals surface area contributed by atoms with Crippen molar-refractivity contribution >= 4 is 33.2 Å². The van der Waals surface area contributed by atoms with Crippen LogP contribution >= 0.6 is 15.9 Å². The summed E-state index contributed by atoms with van der Waals surface area (Å²) in [4.78, 5) is 13.7. The summed E-state index contributed by atoms with van der Waals surface area (Å²) in [5.74, 6) is -0.0513. The summed E-state index contributed by atoms with van der Waals surface area (Å²) >= 11 is 3.52. The van der Waals surface area contributed by atoms with Gasteiger partial charge < -0.3 is 16.0 Å². The average molecular weight is 348 g/mol. The maximum Gasteiger partial charge on any atom is 0.255 e. The van der Waals surface area contributed by atoms with Crippen molar-refractivity contribution in [1.29, 1.82) is 0 Å². The van der Waals surface area contributed by atoms with Crippen molar-refractivity contribution in [1.82, 2.24) is 4.90 Å². The van der Waals surface area contributed by atoms with E-state index in [1.54, 1.807) is 37.2 Å². The number of nitrogens with zero attached hydrogens (tertiary/aromatic N) is 1. The lowest BCUT2D eigenvalue weighted by atomic mass is 10.1. The minimum absolute atomic E-state index is 0.0513. The minimum Gasteiger partial charge on any atom is -0.399 e. The van der Waals surface area contributed by atoms with E-state index in [0.29, 0.717) is 17.8 Å². The number of halogens is 1. The molecule has 0 aliphatic heterocycles. The van der Waals surface area contributed by atoms with Crippen molar-refractivity contribution in [3.05, 3.63) is 58.1 Å². The molecule has 4 nitrogen and oxygen atoms in total. The van der Waals surface area contributed by atoms with E-state index in [4.69, 9.17) is 5.73 Å². The van der Waals surface area contributed by atoms with Crippen LogP contribution in [0.25, 0.3) is 0 Å². The second kappa shape index (κ2) is 6.63. The van der Waals surface area contributed by atoms with E-state index in [1.807, 2.05) is 24.3 Å². The fourth-order valence-corrected chi connectivity index (χ4v) is 2.39. The molecule has 1 amide bonds. The van der Waals surface area contributed by atoms with E-state index < -0.39 is 0 Å². The molecule has 21 heavy (non-hydrogen) atoms. The van der Waals surface area contributed by atoms with Crippen molar-refractivity contribution in [3.63, 3.8) is 0 Å². The summed E-state index contributed by atoms with van der Waals surface area (Å²) in [5, 5.41) is 3.29. The van der Waals surface area contributed by atoms with E-state index >= 15 is 0 Å². The molecule has 0 unspecified atom stereocenters. The number of rotatable bonds is 4. The summed E-state index contributed by atoms with van der Waals surface area (Å²) in [6.45, 7) is 0.610. The molecular formula is C16H18BrN3O. The Morgan fingerprint density at radius 1 is 1.24 bits per heavy atom. The lowest BCUT2D eigenvalue weighted by Gasteiger charge is -2.16. The van der Waals surface area contributed by atoms with Crippen LogP contribution in [0.4, 0.5) is 11.4 Å². The first-order valence-electron chi connectivity index (χ1n) is 6.57. The summed E-state index contributed by atoms with van der Waals surface area (Å²) in [5.41, 5.74) is 8.92. The Kier molecular flexibility index (Phi) is 4.85. The van der Waals surface area contributed by atoms with Crippen LogP contribution in [-0.4, -0.2) is 24.9 Å². The third-order valence-corrected chi connectivity index (χ3v) is 3.88. The number of benzene rings is 2. The van der Waals surface area contributed by atoms with Crippen LogP contribution in [0.5, 0.6) is 0 Å². The maximum atomic E-state index is 12.2. The molecule has 0 spiro atoms. The summed E-state index contributed by atoms with van der Waals surface area (Å²) in [7, 11) is 3.46. The zero-order valence-corrected chi connectivity index (χ0v) is 13.6. The molecule has 3 N–H and O–H groups in total. The molecule has 2 aromatic rings. The molecule has 5 heteroatoms. The molecule has 2 aromatic carbocycles. The zero-order chi connectivity index (χ0) is 15.4. The van der Waals surface area contributed by atoms with Gasteiger partial charge in [0, 0.05) is 36.5 Å². The monoisotopic (exact) mass is 347 g/mol. The molecule has 110 valence electrons. The van der Waals surface area contributed by atoms with E-state index in [9.17, 15) is 4.79 Å². The molecule has 0 saturated carbocycles. The molecule has 0 bridgehead atoms. The van der Waals surface area contributed by atoms with Gasteiger partial charge in [0.05, 0.1) is 5.56 Å². The van der Waals surface area contributed by atoms with Crippen molar-refractivity contribution in [2.75, 3.05) is 25.1 Å². The second-order valence-corrected chi connectivity index (χ2v) is 5.80. The van der Waals surface area contributed by atoms with Gasteiger partial charge in [-0.3, -0.25) is 4.79 Å². The van der Waals surface area contributed by atoms with Gasteiger partial charge in [-0.05, 0) is 29.8 Å². The van der Waals surface area contributed by atoms with Gasteiger partial charge in [-0.15, -0.1) is 0 Å². The number of hydrogen-bond donors (Lipinski definition) is 2. The van der Waals surface area contributed by atoms with Crippen molar-refractivity contribution in [3.8, 4) is 0 Å². The van der Waals surface area contributed by atoms with Crippen LogP contribution in [0, 0.1) is 0 Å². The quantitative estimate of drug-likeness (QED) is 0.833. The van der Waals surface area contributed by atoms with Crippen LogP contribution in [-0.2, 0) is 6.54 Å². The summed E-state index contributed by atoms with van der Waals surface area (Å²) < 4.78 is 1.03. The Hall–Kier alpha value is -2.01. The predicted octanol–water partition coefficient (Wildman–Crippen LogP) is 3.35. The fourth-order valence-electron chi connectivity index (χ4n) is 1.97. The minimum atomic E-state index is -0.0513. The maximum absolute atomic E-state index is 12.2. The van der Waals surface area contributed by atoms with Gasteiger partial charge in [0.1, 0.15) is 0 Å². The Balaban J connectivity index is 2.25. The third kappa shape index (κ3) is 3.76. The van der Waals surface area contributed by atoms with Crippen LogP contribution in [0.1, 0.15) is 15.9 Å². The molecule has 0 radical (unpaired) electrons. The highest BCUT2D eigenvalue weighted by molar-refractivity contribution is 9.10. The average Bonchev–Trinajstić information content (AvgIpc) is 2.46. The molecule has 0 aliphatic rings. The zero-order valence-electron chi connectivity index (χ0n) is 12.1. The largest absolute Gasteiger partial charge is 0.399 e. The summed E-state index contributed by atoms with van der Waals surface area (Å²) in [6, 6.07) is 13.2. The number of carbonyl (C=O) groups is 1. The second-order valence-electron chi connectivity index (χ2n) is 4.95. The van der Waals surface area contributed by atoms with E-state index in [1.165, 1.54) is 0 Å². The third-order valence-electron chi connectivity index (χ3n) is 3.11. The highest BCUT2D eigenvalue weighted by Crippen LogP contribution is 2.23. The predicted molar refractivity (Wildman–Crippen MR) is 90.3 cm³/mol. The van der Waals surface area contributed by atoms with Gasteiger partial charge in [-0.25, -0.2) is 0 Å². The number of amides is 1. The normalized spacial score (nSPS) is 10.2. The molecule has 0 heterocycles. The van der Waals surface area contributed by atoms with Crippen LogP contribution in [0.15, 0.2) is 46.9 Å². The Morgan fingerprint density at radius 2 is 1.95 bits per heavy atom. The van der Waals surface area contributed by atoms with Gasteiger partial charge in [0.2, 0.25) is 0 Å². The molecular weight excluding hydrogens is 330 g/mol. The van der Waals surface area contributed by atoms with Gasteiger partial charge in [0.25, 0.3) is 5.91 Å². The lowest BCUT2D eigenvalue weighted by Crippen LogP contribution is -2.23.